The van der Waals surface area contributed by atoms with Gasteiger partial charge in [-0.2, -0.15) is 0 Å². The molecule has 0 bridgehead atoms. The number of hydrogen-bond donors (Lipinski definition) is 2. The SMILES string of the molecule is CCCCNS(=O)(=O)c1cc(F)c(Cl)c(CNC(C)C)c1. The molecule has 21 heavy (non-hydrogen) atoms. The lowest BCUT2D eigenvalue weighted by Gasteiger charge is -2.13. The van der Waals surface area contributed by atoms with Crippen LogP contribution in [-0.2, 0) is 16.6 Å². The van der Waals surface area contributed by atoms with E-state index in [0.717, 1.165) is 18.9 Å². The lowest BCUT2D eigenvalue weighted by molar-refractivity contribution is 0.568. The summed E-state index contributed by atoms with van der Waals surface area (Å²) in [6.07, 6.45) is 1.61. The molecule has 7 heteroatoms. The van der Waals surface area contributed by atoms with Crippen molar-refractivity contribution in [2.24, 2.45) is 0 Å². The molecule has 0 saturated heterocycles. The van der Waals surface area contributed by atoms with Crippen LogP contribution in [-0.4, -0.2) is 21.0 Å². The van der Waals surface area contributed by atoms with Crippen molar-refractivity contribution >= 4 is 21.6 Å². The van der Waals surface area contributed by atoms with Crippen molar-refractivity contribution in [1.82, 2.24) is 10.0 Å². The minimum atomic E-state index is -3.71. The van der Waals surface area contributed by atoms with Crippen molar-refractivity contribution in [2.45, 2.75) is 51.1 Å². The van der Waals surface area contributed by atoms with Crippen LogP contribution in [0, 0.1) is 5.82 Å². The molecule has 0 radical (unpaired) electrons. The first-order chi connectivity index (χ1) is 9.77. The van der Waals surface area contributed by atoms with Gasteiger partial charge >= 0.3 is 0 Å². The number of unbranched alkanes of at least 4 members (excludes halogenated alkanes) is 1. The average Bonchev–Trinajstić information content (AvgIpc) is 2.40. The molecule has 4 nitrogen and oxygen atoms in total. The van der Waals surface area contributed by atoms with E-state index in [2.05, 4.69) is 10.0 Å². The second kappa shape index (κ2) is 8.08. The highest BCUT2D eigenvalue weighted by Crippen LogP contribution is 2.24. The number of rotatable bonds is 8. The Balaban J connectivity index is 3.02. The Bertz CT molecular complexity index is 577. The van der Waals surface area contributed by atoms with Crippen molar-refractivity contribution in [3.05, 3.63) is 28.5 Å². The highest BCUT2D eigenvalue weighted by atomic mass is 35.5. The van der Waals surface area contributed by atoms with Gasteiger partial charge < -0.3 is 5.32 Å². The van der Waals surface area contributed by atoms with Gasteiger partial charge in [0.25, 0.3) is 0 Å². The molecule has 2 N–H and O–H groups in total. The van der Waals surface area contributed by atoms with Crippen molar-refractivity contribution < 1.29 is 12.8 Å². The third kappa shape index (κ3) is 5.54. The standard InChI is InChI=1S/C14H22ClFN2O2S/c1-4-5-6-18-21(19,20)12-7-11(9-17-10(2)3)14(15)13(16)8-12/h7-8,10,17-18H,4-6,9H2,1-3H3. The van der Waals surface area contributed by atoms with Gasteiger partial charge in [-0.25, -0.2) is 17.5 Å². The number of sulfonamides is 1. The molecule has 0 amide bonds. The third-order valence-corrected chi connectivity index (χ3v) is 4.77. The summed E-state index contributed by atoms with van der Waals surface area (Å²) in [5.74, 6) is -0.726. The Hall–Kier alpha value is -0.690. The summed E-state index contributed by atoms with van der Waals surface area (Å²) in [7, 11) is -3.71. The Labute approximate surface area is 131 Å². The zero-order valence-corrected chi connectivity index (χ0v) is 14.1. The molecule has 0 aliphatic rings. The largest absolute Gasteiger partial charge is 0.310 e. The zero-order chi connectivity index (χ0) is 16.0. The van der Waals surface area contributed by atoms with Crippen molar-refractivity contribution in [3.8, 4) is 0 Å². The lowest BCUT2D eigenvalue weighted by atomic mass is 10.2. The molecule has 0 unspecified atom stereocenters. The van der Waals surface area contributed by atoms with Crippen LogP contribution >= 0.6 is 11.6 Å². The summed E-state index contributed by atoms with van der Waals surface area (Å²) in [4.78, 5) is -0.0962. The fraction of sp³-hybridized carbons (Fsp3) is 0.571. The van der Waals surface area contributed by atoms with Gasteiger partial charge in [0.1, 0.15) is 5.82 Å². The lowest BCUT2D eigenvalue weighted by Crippen LogP contribution is -2.26. The molecule has 0 heterocycles. The fourth-order valence-corrected chi connectivity index (χ4v) is 2.99. The van der Waals surface area contributed by atoms with Gasteiger partial charge in [0.15, 0.2) is 0 Å². The topological polar surface area (TPSA) is 58.2 Å². The summed E-state index contributed by atoms with van der Waals surface area (Å²) < 4.78 is 40.5. The van der Waals surface area contributed by atoms with Gasteiger partial charge in [-0.05, 0) is 24.1 Å². The molecule has 1 aromatic rings. The van der Waals surface area contributed by atoms with Gasteiger partial charge in [0, 0.05) is 19.1 Å². The number of halogens is 2. The van der Waals surface area contributed by atoms with E-state index in [0.29, 0.717) is 18.7 Å². The van der Waals surface area contributed by atoms with Crippen LogP contribution in [0.1, 0.15) is 39.2 Å². The first kappa shape index (κ1) is 18.4. The van der Waals surface area contributed by atoms with Gasteiger partial charge in [-0.1, -0.05) is 38.8 Å². The highest BCUT2D eigenvalue weighted by molar-refractivity contribution is 7.89. The quantitative estimate of drug-likeness (QED) is 0.717. The summed E-state index contributed by atoms with van der Waals surface area (Å²) >= 11 is 5.90. The third-order valence-electron chi connectivity index (χ3n) is 2.91. The number of hydrogen-bond acceptors (Lipinski definition) is 3. The van der Waals surface area contributed by atoms with Crippen LogP contribution in [0.15, 0.2) is 17.0 Å². The fourth-order valence-electron chi connectivity index (χ4n) is 1.68. The molecule has 1 aromatic carbocycles. The molecule has 0 fully saturated rings. The molecule has 0 aromatic heterocycles. The van der Waals surface area contributed by atoms with E-state index in [1.165, 1.54) is 6.07 Å². The smallest absolute Gasteiger partial charge is 0.240 e. The molecular formula is C14H22ClFN2O2S. The Morgan fingerprint density at radius 3 is 2.57 bits per heavy atom. The van der Waals surface area contributed by atoms with E-state index in [-0.39, 0.29) is 16.0 Å². The summed E-state index contributed by atoms with van der Waals surface area (Å²) in [5, 5.41) is 3.05. The van der Waals surface area contributed by atoms with Gasteiger partial charge in [-0.15, -0.1) is 0 Å². The molecule has 0 atom stereocenters. The zero-order valence-electron chi connectivity index (χ0n) is 12.5. The van der Waals surface area contributed by atoms with Crippen LogP contribution < -0.4 is 10.0 Å². The van der Waals surface area contributed by atoms with Crippen LogP contribution in [0.5, 0.6) is 0 Å². The highest BCUT2D eigenvalue weighted by Gasteiger charge is 2.18. The predicted molar refractivity (Wildman–Crippen MR) is 83.5 cm³/mol. The monoisotopic (exact) mass is 336 g/mol. The summed E-state index contributed by atoms with van der Waals surface area (Å²) in [6, 6.07) is 2.55. The van der Waals surface area contributed by atoms with Gasteiger partial charge in [0.2, 0.25) is 10.0 Å². The first-order valence-electron chi connectivity index (χ1n) is 6.99. The molecule has 120 valence electrons. The van der Waals surface area contributed by atoms with Crippen molar-refractivity contribution in [3.63, 3.8) is 0 Å². The van der Waals surface area contributed by atoms with E-state index >= 15 is 0 Å². The van der Waals surface area contributed by atoms with Crippen LogP contribution in [0.2, 0.25) is 5.02 Å². The van der Waals surface area contributed by atoms with Crippen molar-refractivity contribution in [1.29, 1.82) is 0 Å². The number of benzene rings is 1. The maximum atomic E-state index is 13.8. The van der Waals surface area contributed by atoms with E-state index < -0.39 is 15.8 Å². The Morgan fingerprint density at radius 2 is 2.00 bits per heavy atom. The van der Waals surface area contributed by atoms with Crippen LogP contribution in [0.25, 0.3) is 0 Å². The first-order valence-corrected chi connectivity index (χ1v) is 8.85. The molecule has 0 aliphatic carbocycles. The minimum absolute atomic E-state index is 0.0457. The van der Waals surface area contributed by atoms with E-state index in [9.17, 15) is 12.8 Å². The van der Waals surface area contributed by atoms with E-state index in [4.69, 9.17) is 11.6 Å². The summed E-state index contributed by atoms with van der Waals surface area (Å²) in [6.45, 7) is 6.49. The normalized spacial score (nSPS) is 12.1. The minimum Gasteiger partial charge on any atom is -0.310 e. The molecule has 0 aliphatic heterocycles. The maximum Gasteiger partial charge on any atom is 0.240 e. The Kier molecular flexibility index (Phi) is 7.06. The molecule has 0 spiro atoms. The average molecular weight is 337 g/mol. The molecule has 0 saturated carbocycles. The maximum absolute atomic E-state index is 13.8. The molecular weight excluding hydrogens is 315 g/mol. The van der Waals surface area contributed by atoms with E-state index in [1.807, 2.05) is 20.8 Å². The second-order valence-electron chi connectivity index (χ2n) is 5.17. The second-order valence-corrected chi connectivity index (χ2v) is 7.31. The van der Waals surface area contributed by atoms with Crippen molar-refractivity contribution in [2.75, 3.05) is 6.54 Å². The summed E-state index contributed by atoms with van der Waals surface area (Å²) in [5.41, 5.74) is 0.432. The van der Waals surface area contributed by atoms with Crippen LogP contribution in [0.3, 0.4) is 0 Å². The predicted octanol–water partition coefficient (Wildman–Crippen LogP) is 3.06. The van der Waals surface area contributed by atoms with E-state index in [1.54, 1.807) is 0 Å². The molecule has 1 rings (SSSR count). The Morgan fingerprint density at radius 1 is 1.33 bits per heavy atom. The van der Waals surface area contributed by atoms with Gasteiger partial charge in [0.05, 0.1) is 9.92 Å². The van der Waals surface area contributed by atoms with Gasteiger partial charge in [-0.3, -0.25) is 0 Å². The number of nitrogens with one attached hydrogen (secondary N) is 2. The van der Waals surface area contributed by atoms with Crippen LogP contribution in [0.4, 0.5) is 4.39 Å².